The van der Waals surface area contributed by atoms with Crippen LogP contribution in [-0.4, -0.2) is 45.1 Å². The molecule has 0 aromatic heterocycles. The molecule has 0 spiro atoms. The van der Waals surface area contributed by atoms with E-state index >= 15 is 0 Å². The van der Waals surface area contributed by atoms with Gasteiger partial charge in [0, 0.05) is 26.2 Å². The van der Waals surface area contributed by atoms with Gasteiger partial charge in [0.2, 0.25) is 10.0 Å². The molecule has 21 heavy (non-hydrogen) atoms. The smallest absolute Gasteiger partial charge is 0.243 e. The molecular weight excluding hydrogens is 295 g/mol. The highest BCUT2D eigenvalue weighted by molar-refractivity contribution is 7.89. The summed E-state index contributed by atoms with van der Waals surface area (Å²) < 4.78 is 45.7. The van der Waals surface area contributed by atoms with Crippen molar-refractivity contribution in [2.24, 2.45) is 5.73 Å². The van der Waals surface area contributed by atoms with E-state index in [9.17, 15) is 12.8 Å². The van der Waals surface area contributed by atoms with Gasteiger partial charge in [0.05, 0.1) is 11.0 Å². The average Bonchev–Trinajstić information content (AvgIpc) is 2.48. The lowest BCUT2D eigenvalue weighted by Crippen LogP contribution is -2.51. The first kappa shape index (κ1) is 16.4. The normalized spacial score (nSPS) is 24.2. The van der Waals surface area contributed by atoms with Crippen LogP contribution in [0.15, 0.2) is 23.1 Å². The van der Waals surface area contributed by atoms with Gasteiger partial charge in [-0.05, 0) is 37.5 Å². The van der Waals surface area contributed by atoms with Crippen LogP contribution in [-0.2, 0) is 14.8 Å². The number of benzene rings is 1. The number of hydrogen-bond donors (Lipinski definition) is 1. The van der Waals surface area contributed by atoms with Crippen LogP contribution in [0.5, 0.6) is 0 Å². The molecule has 1 fully saturated rings. The highest BCUT2D eigenvalue weighted by atomic mass is 32.2. The summed E-state index contributed by atoms with van der Waals surface area (Å²) >= 11 is 0. The van der Waals surface area contributed by atoms with E-state index in [1.807, 2.05) is 0 Å². The number of piperidine rings is 1. The number of hydrogen-bond acceptors (Lipinski definition) is 4. The lowest BCUT2D eigenvalue weighted by Gasteiger charge is -2.37. The van der Waals surface area contributed by atoms with E-state index in [2.05, 4.69) is 0 Å². The lowest BCUT2D eigenvalue weighted by atomic mass is 10.0. The number of ether oxygens (including phenoxy) is 1. The van der Waals surface area contributed by atoms with Gasteiger partial charge in [-0.3, -0.25) is 0 Å². The molecule has 1 aliphatic rings. The van der Waals surface area contributed by atoms with E-state index in [1.54, 1.807) is 14.0 Å². The van der Waals surface area contributed by atoms with Crippen LogP contribution in [0, 0.1) is 12.7 Å². The highest BCUT2D eigenvalue weighted by Crippen LogP contribution is 2.28. The molecule has 1 aromatic rings. The third kappa shape index (κ3) is 3.26. The standard InChI is InChI=1S/C14H21FN2O3S/c1-10-3-4-11(15)7-14(10)21(18,19)17-6-5-13(20-2)8-12(17)9-16/h3-4,7,12-13H,5-6,8-9,16H2,1-2H3. The van der Waals surface area contributed by atoms with Crippen LogP contribution >= 0.6 is 0 Å². The summed E-state index contributed by atoms with van der Waals surface area (Å²) in [6, 6.07) is 3.48. The summed E-state index contributed by atoms with van der Waals surface area (Å²) in [6.45, 7) is 2.21. The molecular formula is C14H21FN2O3S. The molecule has 0 bridgehead atoms. The van der Waals surface area contributed by atoms with E-state index in [0.717, 1.165) is 6.07 Å². The quantitative estimate of drug-likeness (QED) is 0.908. The Labute approximate surface area is 124 Å². The molecule has 1 aliphatic heterocycles. The molecule has 7 heteroatoms. The van der Waals surface area contributed by atoms with Gasteiger partial charge in [0.1, 0.15) is 5.82 Å². The molecule has 118 valence electrons. The van der Waals surface area contributed by atoms with Gasteiger partial charge in [0.15, 0.2) is 0 Å². The van der Waals surface area contributed by atoms with Crippen molar-refractivity contribution < 1.29 is 17.5 Å². The number of nitrogens with two attached hydrogens (primary N) is 1. The molecule has 0 amide bonds. The predicted molar refractivity (Wildman–Crippen MR) is 77.9 cm³/mol. The summed E-state index contributed by atoms with van der Waals surface area (Å²) in [4.78, 5) is 0.0109. The van der Waals surface area contributed by atoms with Crippen LogP contribution in [0.25, 0.3) is 0 Å². The average molecular weight is 316 g/mol. The van der Waals surface area contributed by atoms with Gasteiger partial charge in [-0.2, -0.15) is 4.31 Å². The minimum absolute atomic E-state index is 0.0109. The molecule has 2 unspecified atom stereocenters. The summed E-state index contributed by atoms with van der Waals surface area (Å²) in [5, 5.41) is 0. The summed E-state index contributed by atoms with van der Waals surface area (Å²) in [6.07, 6.45) is 1.18. The Balaban J connectivity index is 2.36. The minimum atomic E-state index is -3.75. The maximum atomic E-state index is 13.4. The zero-order chi connectivity index (χ0) is 15.6. The van der Waals surface area contributed by atoms with Gasteiger partial charge in [0.25, 0.3) is 0 Å². The van der Waals surface area contributed by atoms with Gasteiger partial charge < -0.3 is 10.5 Å². The molecule has 2 rings (SSSR count). The van der Waals surface area contributed by atoms with Crippen LogP contribution in [0.1, 0.15) is 18.4 Å². The first-order valence-corrected chi connectivity index (χ1v) is 8.35. The molecule has 0 aliphatic carbocycles. The highest BCUT2D eigenvalue weighted by Gasteiger charge is 2.37. The number of sulfonamides is 1. The minimum Gasteiger partial charge on any atom is -0.381 e. The van der Waals surface area contributed by atoms with Gasteiger partial charge in [-0.25, -0.2) is 12.8 Å². The molecule has 0 saturated carbocycles. The van der Waals surface area contributed by atoms with E-state index in [-0.39, 0.29) is 23.6 Å². The number of aryl methyl sites for hydroxylation is 1. The first-order valence-electron chi connectivity index (χ1n) is 6.91. The van der Waals surface area contributed by atoms with Crippen molar-refractivity contribution in [2.45, 2.75) is 36.8 Å². The SMILES string of the molecule is COC1CCN(S(=O)(=O)c2cc(F)ccc2C)C(CN)C1. The summed E-state index contributed by atoms with van der Waals surface area (Å²) in [5.74, 6) is -0.560. The number of rotatable bonds is 4. The van der Waals surface area contributed by atoms with Crippen LogP contribution in [0.2, 0.25) is 0 Å². The molecule has 1 saturated heterocycles. The maximum Gasteiger partial charge on any atom is 0.243 e. The third-order valence-electron chi connectivity index (χ3n) is 3.96. The zero-order valence-corrected chi connectivity index (χ0v) is 13.1. The second-order valence-corrected chi connectivity index (χ2v) is 7.16. The Kier molecular flexibility index (Phi) is 4.98. The van der Waals surface area contributed by atoms with E-state index < -0.39 is 15.8 Å². The maximum absolute atomic E-state index is 13.4. The van der Waals surface area contributed by atoms with Crippen molar-refractivity contribution in [1.82, 2.24) is 4.31 Å². The lowest BCUT2D eigenvalue weighted by molar-refractivity contribution is 0.0401. The zero-order valence-electron chi connectivity index (χ0n) is 12.3. The molecule has 1 aromatic carbocycles. The fraction of sp³-hybridized carbons (Fsp3) is 0.571. The van der Waals surface area contributed by atoms with Gasteiger partial charge in [-0.15, -0.1) is 0 Å². The molecule has 5 nitrogen and oxygen atoms in total. The van der Waals surface area contributed by atoms with E-state index in [0.29, 0.717) is 24.9 Å². The molecule has 1 heterocycles. The Bertz CT molecular complexity index is 606. The molecule has 2 atom stereocenters. The fourth-order valence-electron chi connectivity index (χ4n) is 2.72. The predicted octanol–water partition coefficient (Wildman–Crippen LogP) is 1.26. The van der Waals surface area contributed by atoms with E-state index in [4.69, 9.17) is 10.5 Å². The van der Waals surface area contributed by atoms with Crippen LogP contribution in [0.3, 0.4) is 0 Å². The number of halogens is 1. The largest absolute Gasteiger partial charge is 0.381 e. The molecule has 2 N–H and O–H groups in total. The Hall–Kier alpha value is -1.02. The Morgan fingerprint density at radius 3 is 2.81 bits per heavy atom. The van der Waals surface area contributed by atoms with Crippen molar-refractivity contribution in [1.29, 1.82) is 0 Å². The number of methoxy groups -OCH3 is 1. The van der Waals surface area contributed by atoms with Gasteiger partial charge in [-0.1, -0.05) is 6.07 Å². The van der Waals surface area contributed by atoms with E-state index in [1.165, 1.54) is 16.4 Å². The Morgan fingerprint density at radius 2 is 2.19 bits per heavy atom. The van der Waals surface area contributed by atoms with Crippen molar-refractivity contribution in [3.63, 3.8) is 0 Å². The van der Waals surface area contributed by atoms with Crippen molar-refractivity contribution in [3.05, 3.63) is 29.6 Å². The van der Waals surface area contributed by atoms with Crippen molar-refractivity contribution >= 4 is 10.0 Å². The molecule has 0 radical (unpaired) electrons. The van der Waals surface area contributed by atoms with Crippen molar-refractivity contribution in [2.75, 3.05) is 20.2 Å². The Morgan fingerprint density at radius 1 is 1.48 bits per heavy atom. The van der Waals surface area contributed by atoms with Gasteiger partial charge >= 0.3 is 0 Å². The second kappa shape index (κ2) is 6.39. The first-order chi connectivity index (χ1) is 9.90. The van der Waals surface area contributed by atoms with Crippen LogP contribution < -0.4 is 5.73 Å². The second-order valence-electron chi connectivity index (χ2n) is 5.30. The number of nitrogens with zero attached hydrogens (tertiary/aromatic N) is 1. The fourth-order valence-corrected chi connectivity index (χ4v) is 4.61. The monoisotopic (exact) mass is 316 g/mol. The van der Waals surface area contributed by atoms with Crippen LogP contribution in [0.4, 0.5) is 4.39 Å². The third-order valence-corrected chi connectivity index (χ3v) is 6.05. The summed E-state index contributed by atoms with van der Waals surface area (Å²) in [5.41, 5.74) is 6.25. The topological polar surface area (TPSA) is 72.6 Å². The summed E-state index contributed by atoms with van der Waals surface area (Å²) in [7, 11) is -2.14. The van der Waals surface area contributed by atoms with Crippen molar-refractivity contribution in [3.8, 4) is 0 Å².